The van der Waals surface area contributed by atoms with E-state index in [1.807, 2.05) is 96.4 Å². The molecule has 2 heterocycles. The van der Waals surface area contributed by atoms with Crippen LogP contribution in [0.5, 0.6) is 0 Å². The van der Waals surface area contributed by atoms with Gasteiger partial charge in [-0.15, -0.1) is 10.2 Å². The van der Waals surface area contributed by atoms with Crippen molar-refractivity contribution in [3.05, 3.63) is 102 Å². The summed E-state index contributed by atoms with van der Waals surface area (Å²) in [6.45, 7) is 3.38. The molecule has 0 fully saturated rings. The highest BCUT2D eigenvalue weighted by atomic mass is 16.3. The molecule has 0 radical (unpaired) electrons. The minimum Gasteiger partial charge on any atom is -0.383 e. The number of pyridine rings is 1. The molecule has 4 rings (SSSR count). The van der Waals surface area contributed by atoms with E-state index in [1.165, 1.54) is 0 Å². The van der Waals surface area contributed by atoms with Gasteiger partial charge in [-0.25, -0.2) is 4.99 Å². The number of nitrogens with zero attached hydrogens (tertiary/aromatic N) is 4. The third kappa shape index (κ3) is 5.12. The van der Waals surface area contributed by atoms with Crippen LogP contribution in [0, 0.1) is 0 Å². The van der Waals surface area contributed by atoms with Crippen molar-refractivity contribution in [2.45, 2.75) is 25.5 Å². The lowest BCUT2D eigenvalue weighted by molar-refractivity contribution is 0.0414. The van der Waals surface area contributed by atoms with Crippen LogP contribution in [0.25, 0.3) is 5.65 Å². The average Bonchev–Trinajstić information content (AvgIpc) is 3.25. The number of fused-ring (bicyclic) bond motifs is 1. The number of hydrogen-bond acceptors (Lipinski definition) is 4. The SMILES string of the molecule is CCNC(=NCc1nnc2ccccn12)NCC(O)(Cc1ccccc1)c1ccccc1. The van der Waals surface area contributed by atoms with Gasteiger partial charge < -0.3 is 15.7 Å². The second kappa shape index (κ2) is 10.1. The summed E-state index contributed by atoms with van der Waals surface area (Å²) in [4.78, 5) is 4.67. The molecule has 0 amide bonds. The summed E-state index contributed by atoms with van der Waals surface area (Å²) in [5, 5.41) is 26.7. The largest absolute Gasteiger partial charge is 0.383 e. The lowest BCUT2D eigenvalue weighted by Crippen LogP contribution is -2.46. The molecule has 0 spiro atoms. The third-order valence-electron chi connectivity index (χ3n) is 5.31. The van der Waals surface area contributed by atoms with Gasteiger partial charge in [0.05, 0.1) is 6.54 Å². The molecule has 7 nitrogen and oxygen atoms in total. The number of rotatable bonds is 8. The van der Waals surface area contributed by atoms with E-state index in [4.69, 9.17) is 0 Å². The number of aromatic nitrogens is 3. The quantitative estimate of drug-likeness (QED) is 0.297. The second-order valence-electron chi connectivity index (χ2n) is 7.65. The first-order chi connectivity index (χ1) is 15.7. The molecule has 3 N–H and O–H groups in total. The molecule has 0 saturated carbocycles. The van der Waals surface area contributed by atoms with Gasteiger partial charge in [-0.3, -0.25) is 4.40 Å². The zero-order valence-electron chi connectivity index (χ0n) is 18.1. The molecule has 0 aliphatic rings. The molecular weight excluding hydrogens is 400 g/mol. The van der Waals surface area contributed by atoms with Gasteiger partial charge in [0.25, 0.3) is 0 Å². The molecule has 0 bridgehead atoms. The predicted molar refractivity (Wildman–Crippen MR) is 126 cm³/mol. The Morgan fingerprint density at radius 3 is 2.41 bits per heavy atom. The van der Waals surface area contributed by atoms with E-state index < -0.39 is 5.60 Å². The first-order valence-electron chi connectivity index (χ1n) is 10.8. The predicted octanol–water partition coefficient (Wildman–Crippen LogP) is 2.91. The van der Waals surface area contributed by atoms with E-state index in [1.54, 1.807) is 0 Å². The molecule has 1 unspecified atom stereocenters. The molecule has 1 atom stereocenters. The maximum absolute atomic E-state index is 11.7. The van der Waals surface area contributed by atoms with Crippen molar-refractivity contribution in [2.24, 2.45) is 4.99 Å². The van der Waals surface area contributed by atoms with E-state index in [-0.39, 0.29) is 0 Å². The molecule has 0 aliphatic heterocycles. The summed E-state index contributed by atoms with van der Waals surface area (Å²) >= 11 is 0. The van der Waals surface area contributed by atoms with Gasteiger partial charge in [0.1, 0.15) is 12.1 Å². The third-order valence-corrected chi connectivity index (χ3v) is 5.31. The van der Waals surface area contributed by atoms with Gasteiger partial charge in [0.15, 0.2) is 17.4 Å². The minimum atomic E-state index is -1.10. The fourth-order valence-corrected chi connectivity index (χ4v) is 3.67. The van der Waals surface area contributed by atoms with Crippen LogP contribution in [0.1, 0.15) is 23.9 Å². The standard InChI is InChI=1S/C25H28N6O/c1-2-26-24(27-18-23-30-29-22-15-9-10-16-31(22)23)28-19-25(32,21-13-7-4-8-14-21)17-20-11-5-3-6-12-20/h3-16,32H,2,17-19H2,1H3,(H2,26,27,28). The highest BCUT2D eigenvalue weighted by Crippen LogP contribution is 2.25. The van der Waals surface area contributed by atoms with Crippen LogP contribution in [0.4, 0.5) is 0 Å². The van der Waals surface area contributed by atoms with Crippen LogP contribution in [-0.4, -0.2) is 38.8 Å². The lowest BCUT2D eigenvalue weighted by Gasteiger charge is -2.30. The fourth-order valence-electron chi connectivity index (χ4n) is 3.67. The van der Waals surface area contributed by atoms with E-state index >= 15 is 0 Å². The molecule has 2 aromatic heterocycles. The van der Waals surface area contributed by atoms with Gasteiger partial charge in [-0.2, -0.15) is 0 Å². The smallest absolute Gasteiger partial charge is 0.191 e. The van der Waals surface area contributed by atoms with Gasteiger partial charge in [-0.05, 0) is 30.2 Å². The number of nitrogens with one attached hydrogen (secondary N) is 2. The van der Waals surface area contributed by atoms with Gasteiger partial charge in [0.2, 0.25) is 0 Å². The average molecular weight is 429 g/mol. The summed E-state index contributed by atoms with van der Waals surface area (Å²) in [5.74, 6) is 1.36. The van der Waals surface area contributed by atoms with Crippen LogP contribution in [0.3, 0.4) is 0 Å². The maximum Gasteiger partial charge on any atom is 0.191 e. The Labute approximate surface area is 187 Å². The monoisotopic (exact) mass is 428 g/mol. The number of aliphatic imine (C=N–C) groups is 1. The fraction of sp³-hybridized carbons (Fsp3) is 0.240. The van der Waals surface area contributed by atoms with Crippen molar-refractivity contribution in [1.82, 2.24) is 25.2 Å². The number of benzene rings is 2. The van der Waals surface area contributed by atoms with Crippen LogP contribution in [0.2, 0.25) is 0 Å². The van der Waals surface area contributed by atoms with Crippen LogP contribution in [-0.2, 0) is 18.6 Å². The van der Waals surface area contributed by atoms with Crippen molar-refractivity contribution in [2.75, 3.05) is 13.1 Å². The summed E-state index contributed by atoms with van der Waals surface area (Å²) in [6.07, 6.45) is 2.41. The number of guanidine groups is 1. The Balaban J connectivity index is 1.53. The highest BCUT2D eigenvalue weighted by molar-refractivity contribution is 5.79. The van der Waals surface area contributed by atoms with E-state index in [2.05, 4.69) is 25.8 Å². The number of hydrogen-bond donors (Lipinski definition) is 3. The summed E-state index contributed by atoms with van der Waals surface area (Å²) in [5.41, 5.74) is 1.62. The van der Waals surface area contributed by atoms with Crippen LogP contribution < -0.4 is 10.6 Å². The maximum atomic E-state index is 11.7. The number of aliphatic hydroxyl groups is 1. The Hall–Kier alpha value is -3.71. The Morgan fingerprint density at radius 1 is 0.938 bits per heavy atom. The van der Waals surface area contributed by atoms with Crippen molar-refractivity contribution >= 4 is 11.6 Å². The molecule has 0 saturated heterocycles. The first kappa shape index (κ1) is 21.5. The van der Waals surface area contributed by atoms with E-state index in [9.17, 15) is 5.11 Å². The zero-order chi connectivity index (χ0) is 22.2. The normalized spacial score (nSPS) is 13.6. The molecule has 2 aromatic carbocycles. The zero-order valence-corrected chi connectivity index (χ0v) is 18.1. The lowest BCUT2D eigenvalue weighted by atomic mass is 9.87. The van der Waals surface area contributed by atoms with Crippen molar-refractivity contribution in [3.8, 4) is 0 Å². The summed E-state index contributed by atoms with van der Waals surface area (Å²) in [7, 11) is 0. The topological polar surface area (TPSA) is 86.8 Å². The minimum absolute atomic E-state index is 0.304. The highest BCUT2D eigenvalue weighted by Gasteiger charge is 2.30. The summed E-state index contributed by atoms with van der Waals surface area (Å²) < 4.78 is 1.92. The molecule has 164 valence electrons. The van der Waals surface area contributed by atoms with Crippen LogP contribution >= 0.6 is 0 Å². The van der Waals surface area contributed by atoms with E-state index in [0.29, 0.717) is 32.0 Å². The summed E-state index contributed by atoms with van der Waals surface area (Å²) in [6, 6.07) is 25.6. The van der Waals surface area contributed by atoms with E-state index in [0.717, 1.165) is 22.6 Å². The second-order valence-corrected chi connectivity index (χ2v) is 7.65. The molecule has 0 aliphatic carbocycles. The van der Waals surface area contributed by atoms with Gasteiger partial charge in [0, 0.05) is 19.2 Å². The molecule has 7 heteroatoms. The first-order valence-corrected chi connectivity index (χ1v) is 10.8. The van der Waals surface area contributed by atoms with Crippen molar-refractivity contribution in [1.29, 1.82) is 0 Å². The molecule has 4 aromatic rings. The van der Waals surface area contributed by atoms with Gasteiger partial charge in [-0.1, -0.05) is 66.7 Å². The van der Waals surface area contributed by atoms with Crippen molar-refractivity contribution in [3.63, 3.8) is 0 Å². The van der Waals surface area contributed by atoms with Gasteiger partial charge >= 0.3 is 0 Å². The molecule has 32 heavy (non-hydrogen) atoms. The van der Waals surface area contributed by atoms with Crippen LogP contribution in [0.15, 0.2) is 90.1 Å². The molecular formula is C25H28N6O. The van der Waals surface area contributed by atoms with Crippen molar-refractivity contribution < 1.29 is 5.11 Å². The Bertz CT molecular complexity index is 1160. The Morgan fingerprint density at radius 2 is 1.66 bits per heavy atom. The Kier molecular flexibility index (Phi) is 6.77.